The summed E-state index contributed by atoms with van der Waals surface area (Å²) in [5.41, 5.74) is 5.71. The van der Waals surface area contributed by atoms with Gasteiger partial charge in [0.1, 0.15) is 0 Å². The summed E-state index contributed by atoms with van der Waals surface area (Å²) in [7, 11) is 0. The van der Waals surface area contributed by atoms with Crippen LogP contribution in [0.5, 0.6) is 0 Å². The lowest BCUT2D eigenvalue weighted by Crippen LogP contribution is -2.58. The number of aromatic nitrogens is 1. The van der Waals surface area contributed by atoms with Gasteiger partial charge in [-0.1, -0.05) is 12.8 Å². The number of aryl methyl sites for hydroxylation is 1. The van der Waals surface area contributed by atoms with Gasteiger partial charge in [-0.05, 0) is 19.8 Å². The Labute approximate surface area is 166 Å². The largest absolute Gasteiger partial charge is 0.339 e. The highest BCUT2D eigenvalue weighted by Crippen LogP contribution is 2.29. The first-order valence-corrected chi connectivity index (χ1v) is 8.60. The Balaban J connectivity index is 0.00000176. The van der Waals surface area contributed by atoms with Gasteiger partial charge < -0.3 is 10.6 Å². The molecule has 24 heavy (non-hydrogen) atoms. The van der Waals surface area contributed by atoms with Gasteiger partial charge >= 0.3 is 0 Å². The van der Waals surface area contributed by atoms with Crippen LogP contribution in [0.2, 0.25) is 0 Å². The zero-order chi connectivity index (χ0) is 14.9. The van der Waals surface area contributed by atoms with Gasteiger partial charge in [-0.15, -0.1) is 48.6 Å². The zero-order valence-electron chi connectivity index (χ0n) is 13.9. The first kappa shape index (κ1) is 23.9. The number of carbonyl (C=O) groups excluding carboxylic acids is 1. The van der Waals surface area contributed by atoms with Crippen molar-refractivity contribution in [3.63, 3.8) is 0 Å². The molecule has 0 bridgehead atoms. The number of rotatable bonds is 3. The van der Waals surface area contributed by atoms with Crippen LogP contribution in [0.4, 0.5) is 0 Å². The minimum absolute atomic E-state index is 0. The van der Waals surface area contributed by atoms with Crippen LogP contribution in [0.1, 0.15) is 35.6 Å². The molecule has 1 aromatic rings. The van der Waals surface area contributed by atoms with Crippen molar-refractivity contribution in [1.29, 1.82) is 0 Å². The van der Waals surface area contributed by atoms with Crippen LogP contribution in [0.15, 0.2) is 6.20 Å². The van der Waals surface area contributed by atoms with E-state index in [-0.39, 0.29) is 43.1 Å². The van der Waals surface area contributed by atoms with Crippen LogP contribution in [-0.4, -0.2) is 52.4 Å². The Hall–Kier alpha value is -0.110. The quantitative estimate of drug-likeness (QED) is 0.821. The third-order valence-corrected chi connectivity index (χ3v) is 5.53. The molecule has 2 fully saturated rings. The Morgan fingerprint density at radius 3 is 2.29 bits per heavy atom. The highest BCUT2D eigenvalue weighted by atomic mass is 35.5. The molecule has 1 aliphatic carbocycles. The van der Waals surface area contributed by atoms with Crippen LogP contribution in [-0.2, 0) is 11.3 Å². The molecule has 1 aliphatic heterocycles. The second-order valence-electron chi connectivity index (χ2n) is 6.28. The van der Waals surface area contributed by atoms with Gasteiger partial charge in [0.25, 0.3) is 0 Å². The molecule has 1 aromatic heterocycles. The fourth-order valence-corrected chi connectivity index (χ4v) is 4.18. The highest BCUT2D eigenvalue weighted by Gasteiger charge is 2.40. The smallest absolute Gasteiger partial charge is 0.242 e. The molecule has 0 atom stereocenters. The first-order chi connectivity index (χ1) is 10.1. The van der Waals surface area contributed by atoms with Crippen molar-refractivity contribution in [1.82, 2.24) is 14.8 Å². The van der Waals surface area contributed by atoms with Crippen molar-refractivity contribution in [3.05, 3.63) is 16.1 Å². The number of nitrogens with zero attached hydrogens (tertiary/aromatic N) is 3. The van der Waals surface area contributed by atoms with E-state index < -0.39 is 5.54 Å². The molecule has 0 radical (unpaired) electrons. The van der Waals surface area contributed by atoms with Gasteiger partial charge in [-0.2, -0.15) is 0 Å². The standard InChI is InChI=1S/C15H24N4OS.3ClH/c1-12-17-10-13(21-12)11-18-6-8-19(9-7-18)14(20)15(16)4-2-3-5-15;;;/h10H,2-9,11,16H2,1H3;3*1H. The fraction of sp³-hybridized carbons (Fsp3) is 0.733. The Kier molecular flexibility index (Phi) is 10.1. The first-order valence-electron chi connectivity index (χ1n) is 7.79. The molecular weight excluding hydrogens is 391 g/mol. The van der Waals surface area contributed by atoms with E-state index in [1.807, 2.05) is 18.0 Å². The van der Waals surface area contributed by atoms with Crippen LogP contribution >= 0.6 is 48.6 Å². The molecule has 1 saturated carbocycles. The van der Waals surface area contributed by atoms with E-state index in [4.69, 9.17) is 5.73 Å². The predicted molar refractivity (Wildman–Crippen MR) is 106 cm³/mol. The lowest BCUT2D eigenvalue weighted by Gasteiger charge is -2.38. The van der Waals surface area contributed by atoms with Crippen molar-refractivity contribution in [2.75, 3.05) is 26.2 Å². The number of amides is 1. The van der Waals surface area contributed by atoms with Gasteiger partial charge in [-0.3, -0.25) is 9.69 Å². The van der Waals surface area contributed by atoms with E-state index in [1.165, 1.54) is 4.88 Å². The Morgan fingerprint density at radius 1 is 1.21 bits per heavy atom. The molecule has 3 rings (SSSR count). The van der Waals surface area contributed by atoms with Crippen molar-refractivity contribution >= 4 is 54.5 Å². The summed E-state index contributed by atoms with van der Waals surface area (Å²) in [5, 5.41) is 1.12. The molecule has 2 aliphatic rings. The van der Waals surface area contributed by atoms with Gasteiger partial charge in [0.15, 0.2) is 0 Å². The van der Waals surface area contributed by atoms with E-state index in [9.17, 15) is 4.79 Å². The number of nitrogens with two attached hydrogens (primary N) is 1. The van der Waals surface area contributed by atoms with Crippen molar-refractivity contribution in [3.8, 4) is 0 Å². The molecule has 2 heterocycles. The van der Waals surface area contributed by atoms with Crippen LogP contribution in [0, 0.1) is 6.92 Å². The second-order valence-corrected chi connectivity index (χ2v) is 7.60. The lowest BCUT2D eigenvalue weighted by molar-refractivity contribution is -0.138. The Bertz CT molecular complexity index is 515. The fourth-order valence-electron chi connectivity index (χ4n) is 3.34. The van der Waals surface area contributed by atoms with Crippen molar-refractivity contribution in [2.24, 2.45) is 5.73 Å². The molecule has 0 spiro atoms. The molecule has 140 valence electrons. The monoisotopic (exact) mass is 416 g/mol. The zero-order valence-corrected chi connectivity index (χ0v) is 17.2. The lowest BCUT2D eigenvalue weighted by atomic mass is 9.97. The second kappa shape index (κ2) is 10.1. The molecule has 5 nitrogen and oxygen atoms in total. The van der Waals surface area contributed by atoms with E-state index in [0.29, 0.717) is 0 Å². The van der Waals surface area contributed by atoms with E-state index >= 15 is 0 Å². The average molecular weight is 418 g/mol. The highest BCUT2D eigenvalue weighted by molar-refractivity contribution is 7.11. The number of thiazole rings is 1. The molecule has 9 heteroatoms. The van der Waals surface area contributed by atoms with E-state index in [1.54, 1.807) is 11.3 Å². The molecule has 1 saturated heterocycles. The summed E-state index contributed by atoms with van der Waals surface area (Å²) >= 11 is 1.75. The van der Waals surface area contributed by atoms with Crippen molar-refractivity contribution in [2.45, 2.75) is 44.7 Å². The summed E-state index contributed by atoms with van der Waals surface area (Å²) < 4.78 is 0. The third kappa shape index (κ3) is 5.44. The maximum atomic E-state index is 12.6. The van der Waals surface area contributed by atoms with Crippen LogP contribution in [0.3, 0.4) is 0 Å². The third-order valence-electron chi connectivity index (χ3n) is 4.63. The average Bonchev–Trinajstić information content (AvgIpc) is 3.09. The molecule has 0 aromatic carbocycles. The van der Waals surface area contributed by atoms with E-state index in [0.717, 1.165) is 63.4 Å². The molecule has 0 unspecified atom stereocenters. The maximum Gasteiger partial charge on any atom is 0.242 e. The van der Waals surface area contributed by atoms with Gasteiger partial charge in [0.05, 0.1) is 10.5 Å². The summed E-state index contributed by atoms with van der Waals surface area (Å²) in [6.45, 7) is 6.44. The number of piperazine rings is 1. The summed E-state index contributed by atoms with van der Waals surface area (Å²) in [4.78, 5) is 22.5. The normalized spacial score (nSPS) is 19.8. The summed E-state index contributed by atoms with van der Waals surface area (Å²) in [6, 6.07) is 0. The number of hydrogen-bond donors (Lipinski definition) is 1. The van der Waals surface area contributed by atoms with Crippen LogP contribution in [0.25, 0.3) is 0 Å². The predicted octanol–water partition coefficient (Wildman–Crippen LogP) is 2.63. The summed E-state index contributed by atoms with van der Waals surface area (Å²) in [6.07, 6.45) is 5.85. The van der Waals surface area contributed by atoms with Crippen LogP contribution < -0.4 is 5.73 Å². The minimum atomic E-state index is -0.572. The van der Waals surface area contributed by atoms with E-state index in [2.05, 4.69) is 9.88 Å². The maximum absolute atomic E-state index is 12.6. The molecular formula is C15H27Cl3N4OS. The Morgan fingerprint density at radius 2 is 1.79 bits per heavy atom. The number of carbonyl (C=O) groups is 1. The number of hydrogen-bond acceptors (Lipinski definition) is 5. The minimum Gasteiger partial charge on any atom is -0.339 e. The molecule has 2 N–H and O–H groups in total. The SMILES string of the molecule is Cc1ncc(CN2CCN(C(=O)C3(N)CCCC3)CC2)s1.Cl.Cl.Cl. The van der Waals surface area contributed by atoms with Gasteiger partial charge in [0.2, 0.25) is 5.91 Å². The summed E-state index contributed by atoms with van der Waals surface area (Å²) in [5.74, 6) is 0.174. The van der Waals surface area contributed by atoms with Gasteiger partial charge in [-0.25, -0.2) is 4.98 Å². The number of halogens is 3. The van der Waals surface area contributed by atoms with Crippen molar-refractivity contribution < 1.29 is 4.79 Å². The molecule has 1 amide bonds. The van der Waals surface area contributed by atoms with Gasteiger partial charge in [0, 0.05) is 43.8 Å². The topological polar surface area (TPSA) is 62.5 Å².